The Morgan fingerprint density at radius 1 is 1.14 bits per heavy atom. The topological polar surface area (TPSA) is 62.2 Å². The number of nitrogens with zero attached hydrogens (tertiary/aromatic N) is 1. The summed E-state index contributed by atoms with van der Waals surface area (Å²) in [5, 5.41) is 13.6. The monoisotopic (exact) mass is 278 g/mol. The quantitative estimate of drug-likeness (QED) is 0.754. The summed E-state index contributed by atoms with van der Waals surface area (Å²) in [4.78, 5) is 16.4. The van der Waals surface area contributed by atoms with Crippen LogP contribution < -0.4 is 5.32 Å². The standard InChI is InChI=1S/C17H14N2O2/c1-11-4-6-14(16(20)9-11)17(21)19-13-5-7-15-12(10-13)3-2-8-18-15/h2-10,20H,1H3,(H,19,21). The molecule has 1 aromatic heterocycles. The van der Waals surface area contributed by atoms with E-state index >= 15 is 0 Å². The highest BCUT2D eigenvalue weighted by Gasteiger charge is 2.11. The van der Waals surface area contributed by atoms with Crippen LogP contribution >= 0.6 is 0 Å². The van der Waals surface area contributed by atoms with Gasteiger partial charge in [-0.2, -0.15) is 0 Å². The number of anilines is 1. The molecular weight excluding hydrogens is 264 g/mol. The SMILES string of the molecule is Cc1ccc(C(=O)Nc2ccc3ncccc3c2)c(O)c1. The van der Waals surface area contributed by atoms with Crippen molar-refractivity contribution in [2.45, 2.75) is 6.92 Å². The number of hydrogen-bond donors (Lipinski definition) is 2. The fourth-order valence-electron chi connectivity index (χ4n) is 2.19. The number of hydrogen-bond acceptors (Lipinski definition) is 3. The molecule has 1 heterocycles. The Morgan fingerprint density at radius 3 is 2.81 bits per heavy atom. The van der Waals surface area contributed by atoms with Crippen LogP contribution in [0.3, 0.4) is 0 Å². The molecule has 1 amide bonds. The van der Waals surface area contributed by atoms with Gasteiger partial charge in [-0.15, -0.1) is 0 Å². The lowest BCUT2D eigenvalue weighted by Gasteiger charge is -2.08. The number of nitrogens with one attached hydrogen (secondary N) is 1. The van der Waals surface area contributed by atoms with Crippen LogP contribution in [0.25, 0.3) is 10.9 Å². The summed E-state index contributed by atoms with van der Waals surface area (Å²) < 4.78 is 0. The van der Waals surface area contributed by atoms with Crippen LogP contribution in [0.4, 0.5) is 5.69 Å². The Hall–Kier alpha value is -2.88. The third-order valence-electron chi connectivity index (χ3n) is 3.26. The van der Waals surface area contributed by atoms with Crippen LogP contribution in [-0.2, 0) is 0 Å². The van der Waals surface area contributed by atoms with Gasteiger partial charge >= 0.3 is 0 Å². The highest BCUT2D eigenvalue weighted by Crippen LogP contribution is 2.21. The lowest BCUT2D eigenvalue weighted by Crippen LogP contribution is -2.12. The molecule has 3 aromatic rings. The molecule has 0 atom stereocenters. The summed E-state index contributed by atoms with van der Waals surface area (Å²) in [6.45, 7) is 1.86. The number of fused-ring (bicyclic) bond motifs is 1. The molecule has 0 fully saturated rings. The Labute approximate surface area is 122 Å². The van der Waals surface area contributed by atoms with Gasteiger partial charge in [-0.3, -0.25) is 9.78 Å². The second-order valence-electron chi connectivity index (χ2n) is 4.89. The minimum atomic E-state index is -0.337. The molecule has 0 saturated carbocycles. The first-order chi connectivity index (χ1) is 10.1. The number of benzene rings is 2. The first-order valence-electron chi connectivity index (χ1n) is 6.59. The molecule has 4 heteroatoms. The zero-order valence-electron chi connectivity index (χ0n) is 11.5. The molecule has 2 N–H and O–H groups in total. The van der Waals surface area contributed by atoms with E-state index in [-0.39, 0.29) is 17.2 Å². The summed E-state index contributed by atoms with van der Waals surface area (Å²) in [6.07, 6.45) is 1.73. The number of rotatable bonds is 2. The fraction of sp³-hybridized carbons (Fsp3) is 0.0588. The molecular formula is C17H14N2O2. The van der Waals surface area contributed by atoms with Crippen molar-refractivity contribution in [3.05, 3.63) is 65.9 Å². The maximum Gasteiger partial charge on any atom is 0.259 e. The molecule has 104 valence electrons. The largest absolute Gasteiger partial charge is 0.507 e. The van der Waals surface area contributed by atoms with Crippen LogP contribution in [0.5, 0.6) is 5.75 Å². The Morgan fingerprint density at radius 2 is 2.00 bits per heavy atom. The molecule has 0 radical (unpaired) electrons. The predicted octanol–water partition coefficient (Wildman–Crippen LogP) is 3.50. The molecule has 21 heavy (non-hydrogen) atoms. The molecule has 0 aliphatic carbocycles. The first-order valence-corrected chi connectivity index (χ1v) is 6.59. The second kappa shape index (κ2) is 5.25. The van der Waals surface area contributed by atoms with Crippen molar-refractivity contribution in [3.8, 4) is 5.75 Å². The summed E-state index contributed by atoms with van der Waals surface area (Å²) >= 11 is 0. The number of pyridine rings is 1. The summed E-state index contributed by atoms with van der Waals surface area (Å²) in [7, 11) is 0. The third kappa shape index (κ3) is 2.69. The van der Waals surface area contributed by atoms with Gasteiger partial charge in [-0.25, -0.2) is 0 Å². The Bertz CT molecular complexity index is 828. The predicted molar refractivity (Wildman–Crippen MR) is 82.5 cm³/mol. The van der Waals surface area contributed by atoms with E-state index in [1.807, 2.05) is 31.2 Å². The first kappa shape index (κ1) is 13.1. The zero-order valence-corrected chi connectivity index (χ0v) is 11.5. The lowest BCUT2D eigenvalue weighted by atomic mass is 10.1. The van der Waals surface area contributed by atoms with E-state index in [9.17, 15) is 9.90 Å². The summed E-state index contributed by atoms with van der Waals surface area (Å²) in [5.41, 5.74) is 2.70. The van der Waals surface area contributed by atoms with Crippen molar-refractivity contribution in [2.24, 2.45) is 0 Å². The van der Waals surface area contributed by atoms with Crippen molar-refractivity contribution in [1.29, 1.82) is 0 Å². The van der Waals surface area contributed by atoms with E-state index in [0.29, 0.717) is 5.69 Å². The van der Waals surface area contributed by atoms with Gasteiger partial charge in [0.1, 0.15) is 5.75 Å². The molecule has 2 aromatic carbocycles. The minimum absolute atomic E-state index is 0.0186. The molecule has 3 rings (SSSR count). The van der Waals surface area contributed by atoms with E-state index in [0.717, 1.165) is 16.5 Å². The van der Waals surface area contributed by atoms with Crippen LogP contribution in [0, 0.1) is 6.92 Å². The van der Waals surface area contributed by atoms with Gasteiger partial charge in [0.15, 0.2) is 0 Å². The molecule has 0 spiro atoms. The van der Waals surface area contributed by atoms with Gasteiger partial charge in [0.2, 0.25) is 0 Å². The molecule has 0 saturated heterocycles. The van der Waals surface area contributed by atoms with Crippen LogP contribution in [0.2, 0.25) is 0 Å². The number of aromatic nitrogens is 1. The van der Waals surface area contributed by atoms with E-state index in [2.05, 4.69) is 10.3 Å². The average Bonchev–Trinajstić information content (AvgIpc) is 2.47. The van der Waals surface area contributed by atoms with E-state index < -0.39 is 0 Å². The van der Waals surface area contributed by atoms with Crippen molar-refractivity contribution in [3.63, 3.8) is 0 Å². The fourth-order valence-corrected chi connectivity index (χ4v) is 2.19. The number of carbonyl (C=O) groups is 1. The lowest BCUT2D eigenvalue weighted by molar-refractivity contribution is 0.102. The highest BCUT2D eigenvalue weighted by atomic mass is 16.3. The van der Waals surface area contributed by atoms with Gasteiger partial charge in [0, 0.05) is 17.3 Å². The van der Waals surface area contributed by atoms with Gasteiger partial charge in [0.25, 0.3) is 5.91 Å². The Balaban J connectivity index is 1.89. The number of phenols is 1. The second-order valence-corrected chi connectivity index (χ2v) is 4.89. The van der Waals surface area contributed by atoms with Gasteiger partial charge in [-0.1, -0.05) is 12.1 Å². The number of aromatic hydroxyl groups is 1. The van der Waals surface area contributed by atoms with E-state index in [1.165, 1.54) is 0 Å². The smallest absolute Gasteiger partial charge is 0.259 e. The summed E-state index contributed by atoms with van der Waals surface area (Å²) in [5.74, 6) is -0.356. The van der Waals surface area contributed by atoms with Crippen molar-refractivity contribution >= 4 is 22.5 Å². The molecule has 0 aliphatic rings. The Kier molecular flexibility index (Phi) is 3.28. The molecule has 4 nitrogen and oxygen atoms in total. The van der Waals surface area contributed by atoms with E-state index in [1.54, 1.807) is 30.5 Å². The van der Waals surface area contributed by atoms with Crippen molar-refractivity contribution < 1.29 is 9.90 Å². The number of aryl methyl sites for hydroxylation is 1. The maximum absolute atomic E-state index is 12.2. The van der Waals surface area contributed by atoms with E-state index in [4.69, 9.17) is 0 Å². The summed E-state index contributed by atoms with van der Waals surface area (Å²) in [6, 6.07) is 14.2. The number of phenolic OH excluding ortho intramolecular Hbond substituents is 1. The maximum atomic E-state index is 12.2. The number of carbonyl (C=O) groups excluding carboxylic acids is 1. The minimum Gasteiger partial charge on any atom is -0.507 e. The van der Waals surface area contributed by atoms with Gasteiger partial charge in [-0.05, 0) is 48.9 Å². The van der Waals surface area contributed by atoms with Gasteiger partial charge in [0.05, 0.1) is 11.1 Å². The normalized spacial score (nSPS) is 10.5. The molecule has 0 bridgehead atoms. The molecule has 0 aliphatic heterocycles. The van der Waals surface area contributed by atoms with Crippen molar-refractivity contribution in [2.75, 3.05) is 5.32 Å². The van der Waals surface area contributed by atoms with Crippen LogP contribution in [-0.4, -0.2) is 16.0 Å². The van der Waals surface area contributed by atoms with Crippen LogP contribution in [0.1, 0.15) is 15.9 Å². The number of amides is 1. The van der Waals surface area contributed by atoms with Gasteiger partial charge < -0.3 is 10.4 Å². The van der Waals surface area contributed by atoms with Crippen LogP contribution in [0.15, 0.2) is 54.7 Å². The third-order valence-corrected chi connectivity index (χ3v) is 3.26. The van der Waals surface area contributed by atoms with Crippen molar-refractivity contribution in [1.82, 2.24) is 4.98 Å². The zero-order chi connectivity index (χ0) is 14.8. The molecule has 0 unspecified atom stereocenters. The highest BCUT2D eigenvalue weighted by molar-refractivity contribution is 6.06. The average molecular weight is 278 g/mol.